The lowest BCUT2D eigenvalue weighted by atomic mass is 9.85. The van der Waals surface area contributed by atoms with Crippen LogP contribution < -0.4 is 4.74 Å². The van der Waals surface area contributed by atoms with Crippen LogP contribution in [0.25, 0.3) is 0 Å². The summed E-state index contributed by atoms with van der Waals surface area (Å²) in [6, 6.07) is 7.00. The highest BCUT2D eigenvalue weighted by Gasteiger charge is 2.37. The van der Waals surface area contributed by atoms with Gasteiger partial charge < -0.3 is 9.84 Å². The number of nitrogens with zero attached hydrogens (tertiary/aromatic N) is 1. The molecule has 1 aromatic rings. The van der Waals surface area contributed by atoms with Crippen LogP contribution in [0.15, 0.2) is 18.2 Å². The van der Waals surface area contributed by atoms with Gasteiger partial charge in [0.15, 0.2) is 0 Å². The van der Waals surface area contributed by atoms with Gasteiger partial charge in [0.1, 0.15) is 5.75 Å². The van der Waals surface area contributed by atoms with Crippen molar-refractivity contribution in [3.05, 3.63) is 29.3 Å². The van der Waals surface area contributed by atoms with Crippen molar-refractivity contribution in [2.75, 3.05) is 14.2 Å². The molecule has 3 heteroatoms. The first-order valence-corrected chi connectivity index (χ1v) is 6.77. The van der Waals surface area contributed by atoms with Crippen molar-refractivity contribution < 1.29 is 9.84 Å². The van der Waals surface area contributed by atoms with Gasteiger partial charge in [0.2, 0.25) is 0 Å². The molecule has 18 heavy (non-hydrogen) atoms. The van der Waals surface area contributed by atoms with Crippen LogP contribution in [0, 0.1) is 0 Å². The standard InChI is InChI=1S/C15H21NO2/c1-16(11-4-5-11)14-8-3-10-9-12(18-2)6-7-13(10)15(14)17/h6-7,9,11,14-15,17H,3-5,8H2,1-2H3. The maximum absolute atomic E-state index is 10.5. The first-order valence-electron chi connectivity index (χ1n) is 6.77. The maximum Gasteiger partial charge on any atom is 0.119 e. The summed E-state index contributed by atoms with van der Waals surface area (Å²) in [5, 5.41) is 10.5. The lowest BCUT2D eigenvalue weighted by Gasteiger charge is -2.36. The van der Waals surface area contributed by atoms with Gasteiger partial charge in [-0.1, -0.05) is 6.07 Å². The van der Waals surface area contributed by atoms with Gasteiger partial charge in [-0.2, -0.15) is 0 Å². The molecule has 3 nitrogen and oxygen atoms in total. The maximum atomic E-state index is 10.5. The summed E-state index contributed by atoms with van der Waals surface area (Å²) in [6.07, 6.45) is 4.29. The van der Waals surface area contributed by atoms with Crippen molar-refractivity contribution in [1.29, 1.82) is 0 Å². The van der Waals surface area contributed by atoms with Crippen LogP contribution in [0.2, 0.25) is 0 Å². The predicted molar refractivity (Wildman–Crippen MR) is 70.8 cm³/mol. The lowest BCUT2D eigenvalue weighted by Crippen LogP contribution is -2.41. The number of aliphatic hydroxyl groups excluding tert-OH is 1. The fourth-order valence-electron chi connectivity index (χ4n) is 3.06. The van der Waals surface area contributed by atoms with E-state index in [0.29, 0.717) is 6.04 Å². The summed E-state index contributed by atoms with van der Waals surface area (Å²) in [5.41, 5.74) is 2.32. The second-order valence-corrected chi connectivity index (χ2v) is 5.51. The van der Waals surface area contributed by atoms with Crippen molar-refractivity contribution in [3.8, 4) is 5.75 Å². The number of likely N-dealkylation sites (N-methyl/N-ethyl adjacent to an activating group) is 1. The van der Waals surface area contributed by atoms with E-state index in [-0.39, 0.29) is 12.1 Å². The average molecular weight is 247 g/mol. The Hall–Kier alpha value is -1.06. The lowest BCUT2D eigenvalue weighted by molar-refractivity contribution is 0.0459. The minimum absolute atomic E-state index is 0.276. The normalized spacial score (nSPS) is 27.1. The SMILES string of the molecule is COc1ccc2c(c1)CCC(N(C)C1CC1)C2O. The number of hydrogen-bond acceptors (Lipinski definition) is 3. The molecule has 1 saturated carbocycles. The smallest absolute Gasteiger partial charge is 0.119 e. The van der Waals surface area contributed by atoms with Gasteiger partial charge in [-0.3, -0.25) is 4.90 Å². The molecular weight excluding hydrogens is 226 g/mol. The third-order valence-electron chi connectivity index (χ3n) is 4.39. The van der Waals surface area contributed by atoms with E-state index in [1.54, 1.807) is 7.11 Å². The highest BCUT2D eigenvalue weighted by molar-refractivity contribution is 5.39. The Labute approximate surface area is 108 Å². The topological polar surface area (TPSA) is 32.7 Å². The Bertz CT molecular complexity index is 442. The number of aliphatic hydroxyl groups is 1. The molecule has 0 spiro atoms. The van der Waals surface area contributed by atoms with Gasteiger partial charge in [-0.05, 0) is 56.0 Å². The van der Waals surface area contributed by atoms with Crippen LogP contribution in [0.3, 0.4) is 0 Å². The number of fused-ring (bicyclic) bond motifs is 1. The molecule has 1 fully saturated rings. The second kappa shape index (κ2) is 4.56. The molecular formula is C15H21NO2. The van der Waals surface area contributed by atoms with Gasteiger partial charge in [-0.15, -0.1) is 0 Å². The van der Waals surface area contributed by atoms with E-state index < -0.39 is 0 Å². The summed E-state index contributed by atoms with van der Waals surface area (Å²) < 4.78 is 5.25. The molecule has 0 amide bonds. The Morgan fingerprint density at radius 2 is 2.06 bits per heavy atom. The predicted octanol–water partition coefficient (Wildman–Crippen LogP) is 2.14. The van der Waals surface area contributed by atoms with E-state index in [2.05, 4.69) is 18.0 Å². The molecule has 0 heterocycles. The first kappa shape index (κ1) is 12.0. The molecule has 3 rings (SSSR count). The van der Waals surface area contributed by atoms with Gasteiger partial charge in [0, 0.05) is 12.1 Å². The van der Waals surface area contributed by atoms with Gasteiger partial charge >= 0.3 is 0 Å². The minimum Gasteiger partial charge on any atom is -0.497 e. The van der Waals surface area contributed by atoms with Gasteiger partial charge in [0.05, 0.1) is 13.2 Å². The quantitative estimate of drug-likeness (QED) is 0.888. The average Bonchev–Trinajstić information content (AvgIpc) is 3.22. The highest BCUT2D eigenvalue weighted by atomic mass is 16.5. The number of ether oxygens (including phenoxy) is 1. The highest BCUT2D eigenvalue weighted by Crippen LogP contribution is 2.38. The molecule has 1 aromatic carbocycles. The molecule has 2 unspecified atom stereocenters. The van der Waals surface area contributed by atoms with E-state index in [1.807, 2.05) is 12.1 Å². The largest absolute Gasteiger partial charge is 0.497 e. The molecule has 98 valence electrons. The fourth-order valence-corrected chi connectivity index (χ4v) is 3.06. The number of rotatable bonds is 3. The van der Waals surface area contributed by atoms with Crippen LogP contribution in [0.5, 0.6) is 5.75 Å². The molecule has 0 aliphatic heterocycles. The van der Waals surface area contributed by atoms with E-state index in [1.165, 1.54) is 18.4 Å². The molecule has 2 aliphatic rings. The van der Waals surface area contributed by atoms with Gasteiger partial charge in [-0.25, -0.2) is 0 Å². The Kier molecular flexibility index (Phi) is 3.04. The monoisotopic (exact) mass is 247 g/mol. The zero-order valence-corrected chi connectivity index (χ0v) is 11.1. The van der Waals surface area contributed by atoms with Crippen LogP contribution in [-0.4, -0.2) is 36.2 Å². The molecule has 2 atom stereocenters. The molecule has 0 aromatic heterocycles. The summed E-state index contributed by atoms with van der Waals surface area (Å²) in [4.78, 5) is 2.37. The number of methoxy groups -OCH3 is 1. The minimum atomic E-state index is -0.356. The second-order valence-electron chi connectivity index (χ2n) is 5.51. The summed E-state index contributed by atoms with van der Waals surface area (Å²) in [6.45, 7) is 0. The Morgan fingerprint density at radius 1 is 1.28 bits per heavy atom. The van der Waals surface area contributed by atoms with Crippen LogP contribution in [0.1, 0.15) is 36.5 Å². The summed E-state index contributed by atoms with van der Waals surface area (Å²) >= 11 is 0. The van der Waals surface area contributed by atoms with Crippen LogP contribution in [-0.2, 0) is 6.42 Å². The Balaban J connectivity index is 1.84. The van der Waals surface area contributed by atoms with Crippen molar-refractivity contribution in [1.82, 2.24) is 4.90 Å². The van der Waals surface area contributed by atoms with Crippen LogP contribution in [0.4, 0.5) is 0 Å². The summed E-state index contributed by atoms with van der Waals surface area (Å²) in [5.74, 6) is 0.884. The first-order chi connectivity index (χ1) is 8.70. The molecule has 0 bridgehead atoms. The van der Waals surface area contributed by atoms with E-state index >= 15 is 0 Å². The third kappa shape index (κ3) is 2.02. The van der Waals surface area contributed by atoms with Crippen molar-refractivity contribution in [2.45, 2.75) is 43.9 Å². The number of aryl methyl sites for hydroxylation is 1. The fraction of sp³-hybridized carbons (Fsp3) is 0.600. The zero-order chi connectivity index (χ0) is 12.7. The number of hydrogen-bond donors (Lipinski definition) is 1. The van der Waals surface area contributed by atoms with Gasteiger partial charge in [0.25, 0.3) is 0 Å². The third-order valence-corrected chi connectivity index (χ3v) is 4.39. The van der Waals surface area contributed by atoms with Crippen molar-refractivity contribution in [2.24, 2.45) is 0 Å². The summed E-state index contributed by atoms with van der Waals surface area (Å²) in [7, 11) is 3.84. The molecule has 0 radical (unpaired) electrons. The zero-order valence-electron chi connectivity index (χ0n) is 11.1. The molecule has 1 N–H and O–H groups in total. The number of benzene rings is 1. The van der Waals surface area contributed by atoms with Crippen LogP contribution >= 0.6 is 0 Å². The van der Waals surface area contributed by atoms with E-state index in [4.69, 9.17) is 4.74 Å². The Morgan fingerprint density at radius 3 is 2.72 bits per heavy atom. The van der Waals surface area contributed by atoms with Crippen molar-refractivity contribution >= 4 is 0 Å². The molecule has 0 saturated heterocycles. The van der Waals surface area contributed by atoms with E-state index in [9.17, 15) is 5.11 Å². The molecule has 2 aliphatic carbocycles. The van der Waals surface area contributed by atoms with Crippen molar-refractivity contribution in [3.63, 3.8) is 0 Å². The van der Waals surface area contributed by atoms with E-state index in [0.717, 1.165) is 24.2 Å².